The summed E-state index contributed by atoms with van der Waals surface area (Å²) >= 11 is 0. The van der Waals surface area contributed by atoms with Crippen molar-refractivity contribution < 1.29 is 42.9 Å². The molecule has 4 aromatic rings. The lowest BCUT2D eigenvalue weighted by molar-refractivity contribution is -0.101. The van der Waals surface area contributed by atoms with Crippen LogP contribution in [-0.2, 0) is 40.0 Å². The van der Waals surface area contributed by atoms with Crippen LogP contribution in [0.4, 0.5) is 5.82 Å². The molecule has 5 N–H and O–H groups in total. The van der Waals surface area contributed by atoms with Crippen LogP contribution in [0.25, 0.3) is 11.2 Å². The van der Waals surface area contributed by atoms with E-state index in [1.165, 1.54) is 119 Å². The van der Waals surface area contributed by atoms with Gasteiger partial charge < -0.3 is 35.1 Å². The molecule has 0 aliphatic carbocycles. The van der Waals surface area contributed by atoms with E-state index < -0.39 is 37.8 Å². The molecule has 1 unspecified atom stereocenters. The first-order valence-corrected chi connectivity index (χ1v) is 23.3. The summed E-state index contributed by atoms with van der Waals surface area (Å²) in [5.74, 6) is 0.184. The molecule has 1 aliphatic heterocycles. The molecule has 1 saturated heterocycles. The summed E-state index contributed by atoms with van der Waals surface area (Å²) in [5.41, 5.74) is 4.63. The third-order valence-corrected chi connectivity index (χ3v) is 12.2. The van der Waals surface area contributed by atoms with Crippen LogP contribution in [0.2, 0.25) is 0 Å². The molecule has 0 bridgehead atoms. The number of phosphoric acid groups is 1. The van der Waals surface area contributed by atoms with Gasteiger partial charge in [0.2, 0.25) is 0 Å². The second-order valence-corrected chi connectivity index (χ2v) is 17.7. The minimum Gasteiger partial charge on any atom is -0.386 e. The van der Waals surface area contributed by atoms with Crippen LogP contribution >= 0.6 is 7.82 Å². The Morgan fingerprint density at radius 3 is 2.26 bits per heavy atom. The highest BCUT2D eigenvalue weighted by atomic mass is 31.2. The van der Waals surface area contributed by atoms with Crippen LogP contribution < -0.4 is 5.73 Å². The molecule has 5 rings (SSSR count). The number of phosphoric ester groups is 1. The quantitative estimate of drug-likeness (QED) is 0.0302. The first-order valence-electron chi connectivity index (χ1n) is 21.8. The molecule has 5 atom stereocenters. The number of nitrogen functional groups attached to an aromatic ring is 1. The maximum absolute atomic E-state index is 13.2. The van der Waals surface area contributed by atoms with E-state index >= 15 is 0 Å². The Labute approximate surface area is 359 Å². The Morgan fingerprint density at radius 2 is 1.62 bits per heavy atom. The lowest BCUT2D eigenvalue weighted by Gasteiger charge is -2.32. The fourth-order valence-electron chi connectivity index (χ4n) is 7.60. The van der Waals surface area contributed by atoms with Crippen LogP contribution in [0.1, 0.15) is 133 Å². The number of fused-ring (bicyclic) bond motifs is 1. The average Bonchev–Trinajstić information content (AvgIpc) is 4.01. The highest BCUT2D eigenvalue weighted by Gasteiger charge is 2.58. The molecule has 0 spiro atoms. The van der Waals surface area contributed by atoms with Crippen LogP contribution in [-0.4, -0.2) is 95.3 Å². The van der Waals surface area contributed by atoms with Crippen molar-refractivity contribution in [1.29, 1.82) is 5.26 Å². The molecule has 0 amide bonds. The van der Waals surface area contributed by atoms with E-state index in [1.807, 2.05) is 0 Å². The van der Waals surface area contributed by atoms with Crippen molar-refractivity contribution >= 4 is 19.2 Å². The van der Waals surface area contributed by atoms with Gasteiger partial charge in [0.05, 0.1) is 50.0 Å². The molecule has 336 valence electrons. The van der Waals surface area contributed by atoms with Gasteiger partial charge in [-0.2, -0.15) is 15.5 Å². The number of hydrogen-bond donors (Lipinski definition) is 4. The summed E-state index contributed by atoms with van der Waals surface area (Å²) in [6, 6.07) is 10.5. The zero-order valence-corrected chi connectivity index (χ0v) is 36.7. The molecule has 1 aromatic carbocycles. The summed E-state index contributed by atoms with van der Waals surface area (Å²) in [6.45, 7) is 3.01. The predicted molar refractivity (Wildman–Crippen MR) is 228 cm³/mol. The number of aromatic nitrogens is 6. The maximum atomic E-state index is 13.2. The van der Waals surface area contributed by atoms with E-state index in [2.05, 4.69) is 33.2 Å². The lowest BCUT2D eigenvalue weighted by atomic mass is 9.86. The van der Waals surface area contributed by atoms with Gasteiger partial charge in [0.25, 0.3) is 0 Å². The Balaban J connectivity index is 1.06. The summed E-state index contributed by atoms with van der Waals surface area (Å²) < 4.78 is 44.7. The van der Waals surface area contributed by atoms with E-state index in [4.69, 9.17) is 29.0 Å². The fourth-order valence-corrected chi connectivity index (χ4v) is 8.45. The average molecular weight is 869 g/mol. The van der Waals surface area contributed by atoms with Gasteiger partial charge in [-0.15, -0.1) is 0 Å². The van der Waals surface area contributed by atoms with Gasteiger partial charge in [0.1, 0.15) is 48.4 Å². The van der Waals surface area contributed by atoms with Crippen molar-refractivity contribution in [3.8, 4) is 11.8 Å². The third kappa shape index (κ3) is 14.1. The van der Waals surface area contributed by atoms with Crippen molar-refractivity contribution in [3.63, 3.8) is 0 Å². The van der Waals surface area contributed by atoms with Crippen molar-refractivity contribution in [1.82, 2.24) is 29.4 Å². The van der Waals surface area contributed by atoms with Gasteiger partial charge >= 0.3 is 7.82 Å². The molecule has 18 heteroatoms. The first kappa shape index (κ1) is 48.2. The van der Waals surface area contributed by atoms with Gasteiger partial charge in [0, 0.05) is 6.61 Å². The van der Waals surface area contributed by atoms with Gasteiger partial charge in [-0.05, 0) is 43.2 Å². The van der Waals surface area contributed by atoms with Crippen molar-refractivity contribution in [3.05, 3.63) is 66.1 Å². The number of hydrogen-bond acceptors (Lipinski definition) is 14. The fraction of sp³-hybridized carbons (Fsp3) is 0.651. The number of benzene rings is 1. The third-order valence-electron chi connectivity index (χ3n) is 11.3. The van der Waals surface area contributed by atoms with Crippen molar-refractivity contribution in [2.45, 2.75) is 147 Å². The minimum atomic E-state index is -4.75. The normalized spacial score (nSPS) is 20.6. The lowest BCUT2D eigenvalue weighted by Crippen LogP contribution is -2.49. The Kier molecular flexibility index (Phi) is 19.1. The molecular weight excluding hydrogens is 803 g/mol. The number of unbranched alkanes of at least 4 members (excludes halogenated alkanes) is 15. The van der Waals surface area contributed by atoms with E-state index in [-0.39, 0.29) is 37.9 Å². The SMILES string of the molecule is CCCCCCCCCCCCCCCCCCOC[C@H](COP(=O)(O)OC[C@@]1(C)OC[C@](O)(c2ccc3c(N)ncnn23)[C@@H]1O)OCc1ccc(-n2cncn2)c(C#N)c1. The number of aliphatic hydroxyl groups excluding tert-OH is 1. The number of anilines is 1. The highest BCUT2D eigenvalue weighted by Crippen LogP contribution is 2.47. The number of nitriles is 1. The van der Waals surface area contributed by atoms with Gasteiger partial charge in [-0.3, -0.25) is 9.05 Å². The van der Waals surface area contributed by atoms with E-state index in [0.29, 0.717) is 28.9 Å². The Morgan fingerprint density at radius 1 is 0.951 bits per heavy atom. The Bertz CT molecular complexity index is 2000. The summed E-state index contributed by atoms with van der Waals surface area (Å²) in [6.07, 6.45) is 22.1. The standard InChI is InChI=1S/C43H65N8O9P/c1-3-4-5-6-7-8-9-10-11-12-13-14-15-16-17-18-23-56-27-36(57-26-34-19-20-37(35(24-34)25-44)50-33-46-31-48-50)28-59-61(54,55)60-29-42(2)41(52)43(53,30-58-42)39-22-21-38-40(45)47-32-49-51(38)39/h19-22,24,31-33,36,41,52-53H,3-18,23,26-30H2,1-2H3,(H,54,55)(H2,45,47,49)/t36-,41-,42-,43+/m1/s1. The second-order valence-electron chi connectivity index (χ2n) is 16.2. The molecule has 17 nitrogen and oxygen atoms in total. The number of nitrogens with zero attached hydrogens (tertiary/aromatic N) is 7. The molecule has 0 radical (unpaired) electrons. The zero-order valence-electron chi connectivity index (χ0n) is 35.8. The van der Waals surface area contributed by atoms with Crippen molar-refractivity contribution in [2.75, 3.05) is 38.8 Å². The monoisotopic (exact) mass is 868 g/mol. The summed E-state index contributed by atoms with van der Waals surface area (Å²) in [7, 11) is -4.75. The van der Waals surface area contributed by atoms with E-state index in [9.17, 15) is 24.9 Å². The van der Waals surface area contributed by atoms with Gasteiger partial charge in [0.15, 0.2) is 11.4 Å². The predicted octanol–water partition coefficient (Wildman–Crippen LogP) is 7.10. The van der Waals surface area contributed by atoms with Gasteiger partial charge in [-0.25, -0.2) is 23.7 Å². The number of ether oxygens (including phenoxy) is 3. The molecule has 3 aromatic heterocycles. The van der Waals surface area contributed by atoms with E-state index in [0.717, 1.165) is 19.3 Å². The van der Waals surface area contributed by atoms with Gasteiger partial charge in [-0.1, -0.05) is 109 Å². The molecule has 1 fully saturated rings. The van der Waals surface area contributed by atoms with Crippen LogP contribution in [0, 0.1) is 11.3 Å². The number of aliphatic hydroxyl groups is 2. The first-order chi connectivity index (χ1) is 29.5. The second kappa shape index (κ2) is 24.1. The molecule has 4 heterocycles. The topological polar surface area (TPSA) is 235 Å². The summed E-state index contributed by atoms with van der Waals surface area (Å²) in [5, 5.41) is 41.0. The molecular formula is C43H65N8O9P. The maximum Gasteiger partial charge on any atom is 0.472 e. The number of nitrogens with two attached hydrogens (primary N) is 1. The smallest absolute Gasteiger partial charge is 0.386 e. The minimum absolute atomic E-state index is 0.0566. The zero-order chi connectivity index (χ0) is 43.6. The molecule has 61 heavy (non-hydrogen) atoms. The molecule has 0 saturated carbocycles. The largest absolute Gasteiger partial charge is 0.472 e. The number of rotatable bonds is 30. The van der Waals surface area contributed by atoms with Crippen LogP contribution in [0.5, 0.6) is 0 Å². The Hall–Kier alpha value is -3.82. The van der Waals surface area contributed by atoms with Crippen molar-refractivity contribution in [2.24, 2.45) is 0 Å². The molecule has 1 aliphatic rings. The summed E-state index contributed by atoms with van der Waals surface area (Å²) in [4.78, 5) is 18.6. The van der Waals surface area contributed by atoms with Crippen LogP contribution in [0.15, 0.2) is 49.3 Å². The van der Waals surface area contributed by atoms with Crippen LogP contribution in [0.3, 0.4) is 0 Å². The van der Waals surface area contributed by atoms with E-state index in [1.54, 1.807) is 30.3 Å². The highest BCUT2D eigenvalue weighted by molar-refractivity contribution is 7.47.